The summed E-state index contributed by atoms with van der Waals surface area (Å²) in [7, 11) is 0. The minimum Gasteiger partial charge on any atom is -0.462 e. The molecule has 0 saturated carbocycles. The fraction of sp³-hybridized carbons (Fsp3) is 0.250. The van der Waals surface area contributed by atoms with Crippen molar-refractivity contribution < 1.29 is 14.3 Å². The predicted octanol–water partition coefficient (Wildman–Crippen LogP) is 1.89. The largest absolute Gasteiger partial charge is 0.462 e. The zero-order valence-electron chi connectivity index (χ0n) is 8.26. The Morgan fingerprint density at radius 1 is 1.33 bits per heavy atom. The second-order valence-electron chi connectivity index (χ2n) is 3.38. The van der Waals surface area contributed by atoms with Gasteiger partial charge in [0.25, 0.3) is 0 Å². The average Bonchev–Trinajstić information content (AvgIpc) is 2.81. The van der Waals surface area contributed by atoms with E-state index in [1.54, 1.807) is 0 Å². The molecule has 0 amide bonds. The normalized spacial score (nSPS) is 16.1. The zero-order valence-corrected chi connectivity index (χ0v) is 8.26. The average molecular weight is 204 g/mol. The first-order valence-electron chi connectivity index (χ1n) is 4.84. The summed E-state index contributed by atoms with van der Waals surface area (Å²) in [5.74, 6) is 0.378. The molecule has 0 saturated heterocycles. The third-order valence-electron chi connectivity index (χ3n) is 2.32. The molecular weight excluding hydrogens is 192 g/mol. The lowest BCUT2D eigenvalue weighted by atomic mass is 9.99. The molecule has 0 fully saturated rings. The number of aldehydes is 1. The van der Waals surface area contributed by atoms with Crippen molar-refractivity contribution in [3.05, 3.63) is 47.9 Å². The Bertz CT molecular complexity index is 356. The van der Waals surface area contributed by atoms with Crippen LogP contribution in [-0.2, 0) is 20.7 Å². The van der Waals surface area contributed by atoms with Gasteiger partial charge < -0.3 is 14.3 Å². The van der Waals surface area contributed by atoms with Crippen LogP contribution in [0.25, 0.3) is 0 Å². The number of ether oxygens (including phenoxy) is 2. The van der Waals surface area contributed by atoms with Crippen molar-refractivity contribution in [3.63, 3.8) is 0 Å². The molecule has 1 heterocycles. The van der Waals surface area contributed by atoms with Gasteiger partial charge >= 0.3 is 0 Å². The maximum absolute atomic E-state index is 10.9. The molecule has 1 unspecified atom stereocenters. The number of carbonyl (C=O) groups is 1. The third-order valence-corrected chi connectivity index (χ3v) is 2.32. The lowest BCUT2D eigenvalue weighted by Crippen LogP contribution is -2.10. The zero-order chi connectivity index (χ0) is 10.5. The molecule has 1 aromatic carbocycles. The lowest BCUT2D eigenvalue weighted by molar-refractivity contribution is -0.111. The van der Waals surface area contributed by atoms with Gasteiger partial charge in [0.15, 0.2) is 0 Å². The molecule has 0 radical (unpaired) electrons. The van der Waals surface area contributed by atoms with Crippen LogP contribution < -0.4 is 0 Å². The molecule has 78 valence electrons. The molecule has 1 aliphatic rings. The van der Waals surface area contributed by atoms with Crippen LogP contribution in [0.5, 0.6) is 0 Å². The molecule has 0 bridgehead atoms. The van der Waals surface area contributed by atoms with Gasteiger partial charge in [0, 0.05) is 0 Å². The Kier molecular flexibility index (Phi) is 3.02. The molecule has 0 aliphatic carbocycles. The van der Waals surface area contributed by atoms with E-state index in [1.165, 1.54) is 6.26 Å². The Labute approximate surface area is 88.3 Å². The number of allylic oxidation sites excluding steroid dienone is 1. The Balaban J connectivity index is 2.05. The van der Waals surface area contributed by atoms with Crippen LogP contribution in [0.2, 0.25) is 0 Å². The van der Waals surface area contributed by atoms with Gasteiger partial charge in [-0.25, -0.2) is 0 Å². The van der Waals surface area contributed by atoms with Crippen molar-refractivity contribution in [1.82, 2.24) is 0 Å². The summed E-state index contributed by atoms with van der Waals surface area (Å²) in [6.45, 7) is 0.217. The van der Waals surface area contributed by atoms with Crippen molar-refractivity contribution in [1.29, 1.82) is 0 Å². The maximum Gasteiger partial charge on any atom is 0.229 e. The van der Waals surface area contributed by atoms with Gasteiger partial charge in [-0.3, -0.25) is 0 Å². The van der Waals surface area contributed by atoms with E-state index in [-0.39, 0.29) is 12.7 Å². The Morgan fingerprint density at radius 3 is 2.73 bits per heavy atom. The molecule has 1 atom stereocenters. The van der Waals surface area contributed by atoms with Gasteiger partial charge in [0.2, 0.25) is 6.79 Å². The van der Waals surface area contributed by atoms with Crippen molar-refractivity contribution in [2.45, 2.75) is 6.42 Å². The summed E-state index contributed by atoms with van der Waals surface area (Å²) in [5, 5.41) is 0. The molecule has 1 aromatic rings. The summed E-state index contributed by atoms with van der Waals surface area (Å²) < 4.78 is 10.1. The monoisotopic (exact) mass is 204 g/mol. The standard InChI is InChI=1S/C12H12O3/c13-7-11(12-8-14-9-15-12)6-10-4-2-1-3-5-10/h1-5,7-8,11H,6,9H2. The number of benzene rings is 1. The van der Waals surface area contributed by atoms with Crippen LogP contribution in [0, 0.1) is 5.92 Å². The fourth-order valence-electron chi connectivity index (χ4n) is 1.53. The molecule has 0 aromatic heterocycles. The van der Waals surface area contributed by atoms with Crippen LogP contribution in [0.3, 0.4) is 0 Å². The van der Waals surface area contributed by atoms with Gasteiger partial charge in [0.1, 0.15) is 18.3 Å². The maximum atomic E-state index is 10.9. The smallest absolute Gasteiger partial charge is 0.229 e. The summed E-state index contributed by atoms with van der Waals surface area (Å²) in [6, 6.07) is 9.85. The van der Waals surface area contributed by atoms with Gasteiger partial charge in [-0.15, -0.1) is 0 Å². The highest BCUT2D eigenvalue weighted by atomic mass is 16.7. The highest BCUT2D eigenvalue weighted by Gasteiger charge is 2.19. The summed E-state index contributed by atoms with van der Waals surface area (Å²) >= 11 is 0. The first-order valence-corrected chi connectivity index (χ1v) is 4.84. The fourth-order valence-corrected chi connectivity index (χ4v) is 1.53. The number of hydrogen-bond acceptors (Lipinski definition) is 3. The molecule has 2 rings (SSSR count). The quantitative estimate of drug-likeness (QED) is 0.702. The molecule has 3 heteroatoms. The van der Waals surface area contributed by atoms with Gasteiger partial charge in [-0.1, -0.05) is 30.3 Å². The molecule has 3 nitrogen and oxygen atoms in total. The minimum atomic E-state index is -0.241. The first kappa shape index (κ1) is 9.77. The number of rotatable bonds is 4. The SMILES string of the molecule is O=CC(Cc1ccccc1)C1=COCO1. The predicted molar refractivity (Wildman–Crippen MR) is 54.8 cm³/mol. The second-order valence-corrected chi connectivity index (χ2v) is 3.38. The van der Waals surface area contributed by atoms with Crippen LogP contribution >= 0.6 is 0 Å². The van der Waals surface area contributed by atoms with E-state index in [4.69, 9.17) is 9.47 Å². The minimum absolute atomic E-state index is 0.217. The lowest BCUT2D eigenvalue weighted by Gasteiger charge is -2.09. The van der Waals surface area contributed by atoms with Gasteiger partial charge in [0.05, 0.1) is 5.92 Å². The Morgan fingerprint density at radius 2 is 2.13 bits per heavy atom. The van der Waals surface area contributed by atoms with Crippen molar-refractivity contribution in [2.24, 2.45) is 5.92 Å². The number of carbonyl (C=O) groups excluding carboxylic acids is 1. The van der Waals surface area contributed by atoms with E-state index >= 15 is 0 Å². The first-order chi connectivity index (χ1) is 7.40. The molecular formula is C12H12O3. The highest BCUT2D eigenvalue weighted by Crippen LogP contribution is 2.19. The topological polar surface area (TPSA) is 35.5 Å². The Hall–Kier alpha value is -1.77. The molecule has 1 aliphatic heterocycles. The van der Waals surface area contributed by atoms with E-state index in [2.05, 4.69) is 0 Å². The van der Waals surface area contributed by atoms with Crippen LogP contribution in [0.4, 0.5) is 0 Å². The third kappa shape index (κ3) is 2.37. The van der Waals surface area contributed by atoms with E-state index in [9.17, 15) is 4.79 Å². The van der Waals surface area contributed by atoms with Crippen LogP contribution in [0.1, 0.15) is 5.56 Å². The molecule has 15 heavy (non-hydrogen) atoms. The van der Waals surface area contributed by atoms with Crippen molar-refractivity contribution >= 4 is 6.29 Å². The van der Waals surface area contributed by atoms with Gasteiger partial charge in [-0.05, 0) is 12.0 Å². The van der Waals surface area contributed by atoms with Crippen LogP contribution in [-0.4, -0.2) is 13.1 Å². The van der Waals surface area contributed by atoms with E-state index in [1.807, 2.05) is 30.3 Å². The van der Waals surface area contributed by atoms with E-state index in [0.29, 0.717) is 12.2 Å². The highest BCUT2D eigenvalue weighted by molar-refractivity contribution is 5.58. The van der Waals surface area contributed by atoms with Crippen LogP contribution in [0.15, 0.2) is 42.4 Å². The summed E-state index contributed by atoms with van der Waals surface area (Å²) in [4.78, 5) is 10.9. The van der Waals surface area contributed by atoms with Crippen molar-refractivity contribution in [2.75, 3.05) is 6.79 Å². The molecule has 0 N–H and O–H groups in total. The van der Waals surface area contributed by atoms with Crippen molar-refractivity contribution in [3.8, 4) is 0 Å². The molecule has 0 spiro atoms. The number of hydrogen-bond donors (Lipinski definition) is 0. The summed E-state index contributed by atoms with van der Waals surface area (Å²) in [5.41, 5.74) is 1.12. The van der Waals surface area contributed by atoms with E-state index < -0.39 is 0 Å². The van der Waals surface area contributed by atoms with Gasteiger partial charge in [-0.2, -0.15) is 0 Å². The van der Waals surface area contributed by atoms with E-state index in [0.717, 1.165) is 11.8 Å². The summed E-state index contributed by atoms with van der Waals surface area (Å²) in [6.07, 6.45) is 3.06. The second kappa shape index (κ2) is 4.64.